The van der Waals surface area contributed by atoms with Gasteiger partial charge < -0.3 is 9.72 Å². The summed E-state index contributed by atoms with van der Waals surface area (Å²) in [6.45, 7) is 3.91. The summed E-state index contributed by atoms with van der Waals surface area (Å²) in [6, 6.07) is 27.3. The molecule has 5 aromatic rings. The number of nitrogens with one attached hydrogen (secondary N) is 1. The summed E-state index contributed by atoms with van der Waals surface area (Å²) in [7, 11) is 1.63. The maximum Gasteiger partial charge on any atom is 0.253 e. The molecular formula is C28H28N6O2. The summed E-state index contributed by atoms with van der Waals surface area (Å²) >= 11 is 0. The van der Waals surface area contributed by atoms with E-state index < -0.39 is 6.04 Å². The standard InChI is InChI=1S/C28H28N6O2/c1-3-33(18-20-10-6-4-7-11-20)26(27-30-31-32-34(27)19-21-12-8-5-9-13-21)24-17-22-16-23(36-2)14-15-25(22)29-28(24)35/h4-17,26H,3,18-19H2,1-2H3,(H,29,35). The average molecular weight is 481 g/mol. The first-order valence-corrected chi connectivity index (χ1v) is 11.9. The number of fused-ring (bicyclic) bond motifs is 1. The van der Waals surface area contributed by atoms with Gasteiger partial charge in [-0.15, -0.1) is 5.10 Å². The molecule has 2 heterocycles. The van der Waals surface area contributed by atoms with Crippen molar-refractivity contribution in [3.63, 3.8) is 0 Å². The molecule has 1 N–H and O–H groups in total. The molecule has 0 aliphatic carbocycles. The van der Waals surface area contributed by atoms with E-state index in [4.69, 9.17) is 4.74 Å². The Morgan fingerprint density at radius 3 is 2.39 bits per heavy atom. The van der Waals surface area contributed by atoms with Gasteiger partial charge in [-0.25, -0.2) is 4.68 Å². The molecule has 0 fully saturated rings. The Kier molecular flexibility index (Phi) is 6.86. The number of aromatic amines is 1. The number of methoxy groups -OCH3 is 1. The van der Waals surface area contributed by atoms with Gasteiger partial charge in [-0.3, -0.25) is 9.69 Å². The van der Waals surface area contributed by atoms with Crippen LogP contribution in [0, 0.1) is 0 Å². The minimum atomic E-state index is -0.465. The Labute approximate surface area is 209 Å². The van der Waals surface area contributed by atoms with Crippen molar-refractivity contribution in [3.8, 4) is 5.75 Å². The lowest BCUT2D eigenvalue weighted by Crippen LogP contribution is -2.35. The van der Waals surface area contributed by atoms with Gasteiger partial charge in [0.25, 0.3) is 5.56 Å². The van der Waals surface area contributed by atoms with Crippen LogP contribution in [0.1, 0.15) is 35.5 Å². The van der Waals surface area contributed by atoms with Crippen LogP contribution < -0.4 is 10.3 Å². The Morgan fingerprint density at radius 2 is 1.69 bits per heavy atom. The number of pyridine rings is 1. The van der Waals surface area contributed by atoms with E-state index in [0.29, 0.717) is 31.0 Å². The van der Waals surface area contributed by atoms with Gasteiger partial charge in [-0.1, -0.05) is 67.6 Å². The molecular weight excluding hydrogens is 452 g/mol. The van der Waals surface area contributed by atoms with Crippen LogP contribution in [0.3, 0.4) is 0 Å². The average Bonchev–Trinajstić information content (AvgIpc) is 3.36. The van der Waals surface area contributed by atoms with Gasteiger partial charge >= 0.3 is 0 Å². The normalized spacial score (nSPS) is 12.2. The van der Waals surface area contributed by atoms with Gasteiger partial charge in [0.2, 0.25) is 0 Å². The van der Waals surface area contributed by atoms with Gasteiger partial charge in [0.05, 0.1) is 13.7 Å². The van der Waals surface area contributed by atoms with Crippen LogP contribution in [-0.4, -0.2) is 43.7 Å². The molecule has 3 aromatic carbocycles. The zero-order valence-corrected chi connectivity index (χ0v) is 20.3. The molecule has 1 unspecified atom stereocenters. The number of hydrogen-bond acceptors (Lipinski definition) is 6. The second-order valence-corrected chi connectivity index (χ2v) is 8.64. The van der Waals surface area contributed by atoms with Crippen LogP contribution in [0.4, 0.5) is 0 Å². The number of nitrogens with zero attached hydrogens (tertiary/aromatic N) is 5. The minimum Gasteiger partial charge on any atom is -0.497 e. The monoisotopic (exact) mass is 480 g/mol. The van der Waals surface area contributed by atoms with Gasteiger partial charge in [0.15, 0.2) is 5.82 Å². The molecule has 0 amide bonds. The fraction of sp³-hybridized carbons (Fsp3) is 0.214. The van der Waals surface area contributed by atoms with Gasteiger partial charge in [-0.05, 0) is 52.4 Å². The molecule has 8 heteroatoms. The smallest absolute Gasteiger partial charge is 0.253 e. The van der Waals surface area contributed by atoms with Crippen molar-refractivity contribution < 1.29 is 4.74 Å². The summed E-state index contributed by atoms with van der Waals surface area (Å²) in [5.41, 5.74) is 3.38. The number of H-pyrrole nitrogens is 1. The molecule has 0 bridgehead atoms. The highest BCUT2D eigenvalue weighted by Gasteiger charge is 2.30. The van der Waals surface area contributed by atoms with Crippen molar-refractivity contribution in [2.75, 3.05) is 13.7 Å². The molecule has 8 nitrogen and oxygen atoms in total. The number of benzene rings is 3. The Balaban J connectivity index is 1.65. The Hall–Kier alpha value is -4.30. The number of hydrogen-bond donors (Lipinski definition) is 1. The highest BCUT2D eigenvalue weighted by Crippen LogP contribution is 2.29. The van der Waals surface area contributed by atoms with E-state index in [9.17, 15) is 4.79 Å². The van der Waals surface area contributed by atoms with Crippen LogP contribution in [0.15, 0.2) is 89.7 Å². The third kappa shape index (κ3) is 4.89. The molecule has 0 aliphatic heterocycles. The highest BCUT2D eigenvalue weighted by molar-refractivity contribution is 5.80. The van der Waals surface area contributed by atoms with Crippen molar-refractivity contribution in [2.45, 2.75) is 26.1 Å². The largest absolute Gasteiger partial charge is 0.497 e. The molecule has 1 atom stereocenters. The SMILES string of the molecule is CCN(Cc1ccccc1)C(c1cc2cc(OC)ccc2[nH]c1=O)c1nnnn1Cc1ccccc1. The predicted molar refractivity (Wildman–Crippen MR) is 139 cm³/mol. The van der Waals surface area contributed by atoms with E-state index in [-0.39, 0.29) is 5.56 Å². The molecule has 0 saturated heterocycles. The van der Waals surface area contributed by atoms with Gasteiger partial charge in [-0.2, -0.15) is 0 Å². The van der Waals surface area contributed by atoms with Crippen LogP contribution in [0.5, 0.6) is 5.75 Å². The summed E-state index contributed by atoms with van der Waals surface area (Å²) in [4.78, 5) is 18.7. The molecule has 36 heavy (non-hydrogen) atoms. The second kappa shape index (κ2) is 10.5. The number of rotatable bonds is 9. The topological polar surface area (TPSA) is 88.9 Å². The van der Waals surface area contributed by atoms with Crippen molar-refractivity contribution in [1.29, 1.82) is 0 Å². The van der Waals surface area contributed by atoms with E-state index in [1.54, 1.807) is 11.8 Å². The molecule has 5 rings (SSSR count). The second-order valence-electron chi connectivity index (χ2n) is 8.64. The minimum absolute atomic E-state index is 0.168. The highest BCUT2D eigenvalue weighted by atomic mass is 16.5. The van der Waals surface area contributed by atoms with Crippen LogP contribution in [0.2, 0.25) is 0 Å². The molecule has 182 valence electrons. The third-order valence-electron chi connectivity index (χ3n) is 6.35. The zero-order valence-electron chi connectivity index (χ0n) is 20.3. The maximum absolute atomic E-state index is 13.5. The van der Waals surface area contributed by atoms with Crippen molar-refractivity contribution in [2.24, 2.45) is 0 Å². The van der Waals surface area contributed by atoms with Crippen LogP contribution >= 0.6 is 0 Å². The van der Waals surface area contributed by atoms with E-state index in [0.717, 1.165) is 27.8 Å². The maximum atomic E-state index is 13.5. The van der Waals surface area contributed by atoms with E-state index >= 15 is 0 Å². The van der Waals surface area contributed by atoms with E-state index in [1.807, 2.05) is 72.8 Å². The Morgan fingerprint density at radius 1 is 0.972 bits per heavy atom. The van der Waals surface area contributed by atoms with Gasteiger partial charge in [0.1, 0.15) is 11.8 Å². The fourth-order valence-electron chi connectivity index (χ4n) is 4.51. The number of ether oxygens (including phenoxy) is 1. The first-order chi connectivity index (χ1) is 17.7. The first kappa shape index (κ1) is 23.4. The molecule has 0 radical (unpaired) electrons. The van der Waals surface area contributed by atoms with Crippen molar-refractivity contribution in [3.05, 3.63) is 118 Å². The van der Waals surface area contributed by atoms with Gasteiger partial charge in [0, 0.05) is 23.0 Å². The number of tetrazole rings is 1. The molecule has 0 saturated carbocycles. The van der Waals surface area contributed by atoms with Crippen LogP contribution in [0.25, 0.3) is 10.9 Å². The molecule has 2 aromatic heterocycles. The summed E-state index contributed by atoms with van der Waals surface area (Å²) in [5.74, 6) is 1.34. The lowest BCUT2D eigenvalue weighted by Gasteiger charge is -2.30. The number of aromatic nitrogens is 5. The summed E-state index contributed by atoms with van der Waals surface area (Å²) in [5, 5.41) is 13.6. The van der Waals surface area contributed by atoms with Crippen molar-refractivity contribution >= 4 is 10.9 Å². The van der Waals surface area contributed by atoms with Crippen molar-refractivity contribution in [1.82, 2.24) is 30.1 Å². The van der Waals surface area contributed by atoms with E-state index in [1.165, 1.54) is 0 Å². The summed E-state index contributed by atoms with van der Waals surface area (Å²) < 4.78 is 7.20. The quantitative estimate of drug-likeness (QED) is 0.340. The lowest BCUT2D eigenvalue weighted by atomic mass is 10.0. The molecule has 0 spiro atoms. The third-order valence-corrected chi connectivity index (χ3v) is 6.35. The predicted octanol–water partition coefficient (Wildman–Crippen LogP) is 4.18. The lowest BCUT2D eigenvalue weighted by molar-refractivity contribution is 0.214. The summed E-state index contributed by atoms with van der Waals surface area (Å²) in [6.07, 6.45) is 0. The fourth-order valence-corrected chi connectivity index (χ4v) is 4.51. The molecule has 0 aliphatic rings. The van der Waals surface area contributed by atoms with Crippen LogP contribution in [-0.2, 0) is 13.1 Å². The van der Waals surface area contributed by atoms with E-state index in [2.05, 4.69) is 44.5 Å². The zero-order chi connectivity index (χ0) is 24.9. The first-order valence-electron chi connectivity index (χ1n) is 11.9. The Bertz CT molecular complexity index is 1500.